The second-order valence-corrected chi connectivity index (χ2v) is 8.26. The Balaban J connectivity index is 1.45. The number of carbonyl (C=O) groups excluding carboxylic acids is 3. The maximum absolute atomic E-state index is 13.6. The van der Waals surface area contributed by atoms with Gasteiger partial charge in [0.25, 0.3) is 5.91 Å². The lowest BCUT2D eigenvalue weighted by atomic mass is 9.77. The van der Waals surface area contributed by atoms with Crippen molar-refractivity contribution in [3.63, 3.8) is 0 Å². The van der Waals surface area contributed by atoms with Crippen molar-refractivity contribution in [2.75, 3.05) is 13.2 Å². The van der Waals surface area contributed by atoms with Crippen molar-refractivity contribution in [3.8, 4) is 0 Å². The van der Waals surface area contributed by atoms with Gasteiger partial charge in [-0.05, 0) is 24.3 Å². The number of halogens is 1. The van der Waals surface area contributed by atoms with E-state index >= 15 is 0 Å². The molecule has 1 aliphatic heterocycles. The molecule has 2 amide bonds. The molecular formula is C22H29FN2O4. The summed E-state index contributed by atoms with van der Waals surface area (Å²) in [6, 6.07) is 6.32. The number of likely N-dealkylation sites (tertiary alicyclic amines) is 1. The maximum Gasteiger partial charge on any atom is 0.311 e. The van der Waals surface area contributed by atoms with Crippen LogP contribution in [0, 0.1) is 23.6 Å². The first-order valence-corrected chi connectivity index (χ1v) is 10.3. The average Bonchev–Trinajstić information content (AvgIpc) is 3.09. The Hall–Kier alpha value is -2.44. The SMILES string of the molecule is C[C@@H]1[C@H](C)CCC[C@@H]1N1C[C@H](C(=O)OCC(=O)NCc2ccccc2F)CC1=O. The zero-order valence-corrected chi connectivity index (χ0v) is 17.0. The van der Waals surface area contributed by atoms with Crippen molar-refractivity contribution in [2.45, 2.75) is 52.1 Å². The Morgan fingerprint density at radius 2 is 2.00 bits per heavy atom. The first-order chi connectivity index (χ1) is 13.9. The molecule has 1 heterocycles. The van der Waals surface area contributed by atoms with Crippen LogP contribution in [0.1, 0.15) is 45.1 Å². The molecule has 0 bridgehead atoms. The van der Waals surface area contributed by atoms with Gasteiger partial charge in [0.05, 0.1) is 5.92 Å². The molecule has 1 aromatic carbocycles. The molecule has 6 nitrogen and oxygen atoms in total. The standard InChI is InChI=1S/C22H29FN2O4/c1-14-6-5-9-19(15(14)2)25-12-17(10-21(25)27)22(28)29-13-20(26)24-11-16-7-3-4-8-18(16)23/h3-4,7-8,14-15,17,19H,5-6,9-13H2,1-2H3,(H,24,26)/t14-,15-,17-,19+/m1/s1. The van der Waals surface area contributed by atoms with E-state index < -0.39 is 30.2 Å². The highest BCUT2D eigenvalue weighted by molar-refractivity contribution is 5.88. The van der Waals surface area contributed by atoms with Crippen molar-refractivity contribution in [3.05, 3.63) is 35.6 Å². The molecule has 7 heteroatoms. The second-order valence-electron chi connectivity index (χ2n) is 8.26. The lowest BCUT2D eigenvalue weighted by Crippen LogP contribution is -2.45. The fourth-order valence-corrected chi connectivity index (χ4v) is 4.34. The van der Waals surface area contributed by atoms with Crippen LogP contribution in [0.5, 0.6) is 0 Å². The highest BCUT2D eigenvalue weighted by atomic mass is 19.1. The monoisotopic (exact) mass is 404 g/mol. The van der Waals surface area contributed by atoms with Gasteiger partial charge in [-0.15, -0.1) is 0 Å². The van der Waals surface area contributed by atoms with E-state index in [0.717, 1.165) is 12.8 Å². The number of amides is 2. The fourth-order valence-electron chi connectivity index (χ4n) is 4.34. The number of hydrogen-bond donors (Lipinski definition) is 1. The van der Waals surface area contributed by atoms with E-state index in [9.17, 15) is 18.8 Å². The van der Waals surface area contributed by atoms with E-state index in [1.807, 2.05) is 4.90 Å². The molecular weight excluding hydrogens is 375 g/mol. The molecule has 1 aliphatic carbocycles. The van der Waals surface area contributed by atoms with E-state index in [-0.39, 0.29) is 24.9 Å². The van der Waals surface area contributed by atoms with Crippen LogP contribution in [0.2, 0.25) is 0 Å². The molecule has 4 atom stereocenters. The van der Waals surface area contributed by atoms with Gasteiger partial charge in [-0.25, -0.2) is 4.39 Å². The van der Waals surface area contributed by atoms with Crippen LogP contribution < -0.4 is 5.32 Å². The van der Waals surface area contributed by atoms with E-state index in [1.165, 1.54) is 12.5 Å². The molecule has 3 rings (SSSR count). The quantitative estimate of drug-likeness (QED) is 0.740. The third-order valence-electron chi connectivity index (χ3n) is 6.34. The van der Waals surface area contributed by atoms with Gasteiger partial charge < -0.3 is 15.0 Å². The summed E-state index contributed by atoms with van der Waals surface area (Å²) in [5.74, 6) is -1.01. The lowest BCUT2D eigenvalue weighted by Gasteiger charge is -2.39. The van der Waals surface area contributed by atoms with Crippen LogP contribution in [-0.4, -0.2) is 41.9 Å². The van der Waals surface area contributed by atoms with Gasteiger partial charge in [-0.1, -0.05) is 44.9 Å². The molecule has 1 saturated carbocycles. The van der Waals surface area contributed by atoms with Gasteiger partial charge in [0.1, 0.15) is 5.82 Å². The Kier molecular flexibility index (Phi) is 6.87. The van der Waals surface area contributed by atoms with Gasteiger partial charge in [0, 0.05) is 31.1 Å². The third-order valence-corrected chi connectivity index (χ3v) is 6.34. The second kappa shape index (κ2) is 9.37. The first-order valence-electron chi connectivity index (χ1n) is 10.3. The summed E-state index contributed by atoms with van der Waals surface area (Å²) < 4.78 is 18.7. The number of carbonyl (C=O) groups is 3. The molecule has 2 aliphatic rings. The van der Waals surface area contributed by atoms with E-state index in [2.05, 4.69) is 19.2 Å². The van der Waals surface area contributed by atoms with Crippen LogP contribution in [-0.2, 0) is 25.7 Å². The summed E-state index contributed by atoms with van der Waals surface area (Å²) in [5, 5.41) is 2.53. The van der Waals surface area contributed by atoms with Crippen molar-refractivity contribution in [2.24, 2.45) is 17.8 Å². The number of esters is 1. The molecule has 29 heavy (non-hydrogen) atoms. The highest BCUT2D eigenvalue weighted by Crippen LogP contribution is 2.35. The van der Waals surface area contributed by atoms with Crippen molar-refractivity contribution in [1.29, 1.82) is 0 Å². The Bertz CT molecular complexity index is 769. The maximum atomic E-state index is 13.6. The summed E-state index contributed by atoms with van der Waals surface area (Å²) in [4.78, 5) is 38.6. The molecule has 158 valence electrons. The summed E-state index contributed by atoms with van der Waals surface area (Å²) in [6.07, 6.45) is 3.37. The smallest absolute Gasteiger partial charge is 0.311 e. The topological polar surface area (TPSA) is 75.7 Å². The van der Waals surface area contributed by atoms with Crippen LogP contribution in [0.25, 0.3) is 0 Å². The summed E-state index contributed by atoms with van der Waals surface area (Å²) in [7, 11) is 0. The predicted octanol–water partition coefficient (Wildman–Crippen LogP) is 2.66. The van der Waals surface area contributed by atoms with Crippen LogP contribution >= 0.6 is 0 Å². The number of rotatable bonds is 6. The number of hydrogen-bond acceptors (Lipinski definition) is 4. The zero-order valence-electron chi connectivity index (χ0n) is 17.0. The summed E-state index contributed by atoms with van der Waals surface area (Å²) >= 11 is 0. The lowest BCUT2D eigenvalue weighted by molar-refractivity contribution is -0.152. The van der Waals surface area contributed by atoms with E-state index in [0.29, 0.717) is 23.9 Å². The van der Waals surface area contributed by atoms with Gasteiger partial charge in [-0.3, -0.25) is 14.4 Å². The number of nitrogens with zero attached hydrogens (tertiary/aromatic N) is 1. The molecule has 1 N–H and O–H groups in total. The number of ether oxygens (including phenoxy) is 1. The van der Waals surface area contributed by atoms with Crippen LogP contribution in [0.3, 0.4) is 0 Å². The van der Waals surface area contributed by atoms with Gasteiger partial charge >= 0.3 is 5.97 Å². The fraction of sp³-hybridized carbons (Fsp3) is 0.591. The minimum Gasteiger partial charge on any atom is -0.455 e. The first kappa shape index (κ1) is 21.3. The Labute approximate surface area is 170 Å². The minimum atomic E-state index is -0.536. The number of benzene rings is 1. The normalized spacial score (nSPS) is 27.0. The largest absolute Gasteiger partial charge is 0.455 e. The predicted molar refractivity (Wildman–Crippen MR) is 105 cm³/mol. The van der Waals surface area contributed by atoms with Crippen molar-refractivity contribution < 1.29 is 23.5 Å². The Morgan fingerprint density at radius 3 is 2.76 bits per heavy atom. The highest BCUT2D eigenvalue weighted by Gasteiger charge is 2.42. The van der Waals surface area contributed by atoms with E-state index in [1.54, 1.807) is 18.2 Å². The van der Waals surface area contributed by atoms with Gasteiger partial charge in [-0.2, -0.15) is 0 Å². The van der Waals surface area contributed by atoms with Gasteiger partial charge in [0.15, 0.2) is 6.61 Å². The summed E-state index contributed by atoms with van der Waals surface area (Å²) in [5.41, 5.74) is 0.361. The van der Waals surface area contributed by atoms with Crippen molar-refractivity contribution in [1.82, 2.24) is 10.2 Å². The molecule has 0 aromatic heterocycles. The van der Waals surface area contributed by atoms with E-state index in [4.69, 9.17) is 4.74 Å². The molecule has 0 radical (unpaired) electrons. The zero-order chi connectivity index (χ0) is 21.0. The average molecular weight is 404 g/mol. The number of nitrogens with one attached hydrogen (secondary N) is 1. The molecule has 0 spiro atoms. The molecule has 1 saturated heterocycles. The molecule has 2 fully saturated rings. The third kappa shape index (κ3) is 5.14. The van der Waals surface area contributed by atoms with Crippen LogP contribution in [0.15, 0.2) is 24.3 Å². The Morgan fingerprint density at radius 1 is 1.24 bits per heavy atom. The molecule has 1 aromatic rings. The summed E-state index contributed by atoms with van der Waals surface area (Å²) in [6.45, 7) is 4.33. The van der Waals surface area contributed by atoms with Crippen LogP contribution in [0.4, 0.5) is 4.39 Å². The van der Waals surface area contributed by atoms with Crippen molar-refractivity contribution >= 4 is 17.8 Å². The van der Waals surface area contributed by atoms with Gasteiger partial charge in [0.2, 0.25) is 5.91 Å². The molecule has 0 unspecified atom stereocenters. The minimum absolute atomic E-state index is 0.0121.